The standard InChI is InChI=1S/C21H19NO6/c1-12-15-8-7-14(23)11-17(15)28-21(27)16(12)9-10-18(24)22-19(20(25)26)13-5-3-2-4-6-13/h2-8,11,19,23H,9-10H2,1H3,(H,22,24)(H,25,26)/t19-/m1/s1. The van der Waals surface area contributed by atoms with Gasteiger partial charge in [-0.15, -0.1) is 0 Å². The maximum atomic E-state index is 12.3. The van der Waals surface area contributed by atoms with Gasteiger partial charge in [0.25, 0.3) is 0 Å². The third-order valence-electron chi connectivity index (χ3n) is 4.56. The lowest BCUT2D eigenvalue weighted by Crippen LogP contribution is -2.34. The van der Waals surface area contributed by atoms with Gasteiger partial charge in [0.2, 0.25) is 5.91 Å². The smallest absolute Gasteiger partial charge is 0.339 e. The van der Waals surface area contributed by atoms with E-state index in [9.17, 15) is 24.6 Å². The van der Waals surface area contributed by atoms with Crippen LogP contribution in [0.2, 0.25) is 0 Å². The van der Waals surface area contributed by atoms with E-state index < -0.39 is 23.5 Å². The van der Waals surface area contributed by atoms with Crippen molar-refractivity contribution in [3.05, 3.63) is 75.6 Å². The van der Waals surface area contributed by atoms with Gasteiger partial charge in [-0.05, 0) is 36.6 Å². The van der Waals surface area contributed by atoms with Crippen LogP contribution < -0.4 is 10.9 Å². The molecule has 0 saturated carbocycles. The Morgan fingerprint density at radius 3 is 2.54 bits per heavy atom. The fraction of sp³-hybridized carbons (Fsp3) is 0.190. The van der Waals surface area contributed by atoms with E-state index in [4.69, 9.17) is 4.42 Å². The van der Waals surface area contributed by atoms with Gasteiger partial charge in [0.15, 0.2) is 6.04 Å². The minimum Gasteiger partial charge on any atom is -0.508 e. The predicted molar refractivity (Wildman–Crippen MR) is 102 cm³/mol. The van der Waals surface area contributed by atoms with Crippen LogP contribution in [0.25, 0.3) is 11.0 Å². The summed E-state index contributed by atoms with van der Waals surface area (Å²) < 4.78 is 5.23. The number of rotatable bonds is 6. The molecule has 3 aromatic rings. The SMILES string of the molecule is Cc1c(CCC(=O)N[C@@H](C(=O)O)c2ccccc2)c(=O)oc2cc(O)ccc12. The number of phenols is 1. The van der Waals surface area contributed by atoms with Crippen LogP contribution in [0.5, 0.6) is 5.75 Å². The molecule has 3 rings (SSSR count). The monoisotopic (exact) mass is 381 g/mol. The Hall–Kier alpha value is -3.61. The van der Waals surface area contributed by atoms with E-state index in [0.717, 1.165) is 0 Å². The second-order valence-electron chi connectivity index (χ2n) is 6.42. The normalized spacial score (nSPS) is 11.9. The number of carboxylic acids is 1. The average Bonchev–Trinajstić information content (AvgIpc) is 2.66. The number of carbonyl (C=O) groups is 2. The van der Waals surface area contributed by atoms with Gasteiger partial charge in [-0.3, -0.25) is 4.79 Å². The molecule has 0 fully saturated rings. The zero-order chi connectivity index (χ0) is 20.3. The number of nitrogens with one attached hydrogen (secondary N) is 1. The number of aliphatic carboxylic acids is 1. The molecule has 0 aliphatic carbocycles. The molecule has 0 unspecified atom stereocenters. The maximum absolute atomic E-state index is 12.3. The van der Waals surface area contributed by atoms with E-state index in [1.807, 2.05) is 0 Å². The van der Waals surface area contributed by atoms with E-state index in [0.29, 0.717) is 22.1 Å². The molecule has 2 aromatic carbocycles. The van der Waals surface area contributed by atoms with Crippen molar-refractivity contribution in [1.29, 1.82) is 0 Å². The highest BCUT2D eigenvalue weighted by Gasteiger charge is 2.22. The molecule has 0 spiro atoms. The molecule has 144 valence electrons. The zero-order valence-electron chi connectivity index (χ0n) is 15.1. The van der Waals surface area contributed by atoms with Crippen molar-refractivity contribution < 1.29 is 24.2 Å². The van der Waals surface area contributed by atoms with Crippen molar-refractivity contribution >= 4 is 22.8 Å². The lowest BCUT2D eigenvalue weighted by molar-refractivity contribution is -0.142. The van der Waals surface area contributed by atoms with Crippen LogP contribution in [0.4, 0.5) is 0 Å². The number of carbonyl (C=O) groups excluding carboxylic acids is 1. The fourth-order valence-corrected chi connectivity index (χ4v) is 3.08. The summed E-state index contributed by atoms with van der Waals surface area (Å²) in [7, 11) is 0. The molecule has 0 radical (unpaired) electrons. The highest BCUT2D eigenvalue weighted by atomic mass is 16.4. The molecule has 3 N–H and O–H groups in total. The molecule has 0 aliphatic heterocycles. The number of aryl methyl sites for hydroxylation is 1. The van der Waals surface area contributed by atoms with Crippen LogP contribution in [0.15, 0.2) is 57.7 Å². The first kappa shape index (κ1) is 19.2. The number of carboxylic acid groups (broad SMARTS) is 1. The Kier molecular flexibility index (Phi) is 5.44. The van der Waals surface area contributed by atoms with Crippen LogP contribution in [0.3, 0.4) is 0 Å². The molecule has 7 nitrogen and oxygen atoms in total. The van der Waals surface area contributed by atoms with Crippen molar-refractivity contribution in [3.63, 3.8) is 0 Å². The second-order valence-corrected chi connectivity index (χ2v) is 6.42. The van der Waals surface area contributed by atoms with Gasteiger partial charge in [0, 0.05) is 23.4 Å². The van der Waals surface area contributed by atoms with E-state index in [1.54, 1.807) is 43.3 Å². The number of hydrogen-bond acceptors (Lipinski definition) is 5. The first-order chi connectivity index (χ1) is 13.4. The molecular weight excluding hydrogens is 362 g/mol. The summed E-state index contributed by atoms with van der Waals surface area (Å²) in [5, 5.41) is 22.1. The Morgan fingerprint density at radius 2 is 1.86 bits per heavy atom. The molecule has 1 atom stereocenters. The largest absolute Gasteiger partial charge is 0.508 e. The molecule has 1 heterocycles. The molecule has 0 bridgehead atoms. The summed E-state index contributed by atoms with van der Waals surface area (Å²) in [5.74, 6) is -1.66. The number of aromatic hydroxyl groups is 1. The minimum absolute atomic E-state index is 0.0113. The molecule has 0 saturated heterocycles. The van der Waals surface area contributed by atoms with Gasteiger partial charge >= 0.3 is 11.6 Å². The topological polar surface area (TPSA) is 117 Å². The first-order valence-corrected chi connectivity index (χ1v) is 8.69. The van der Waals surface area contributed by atoms with Crippen LogP contribution in [-0.4, -0.2) is 22.1 Å². The van der Waals surface area contributed by atoms with E-state index in [-0.39, 0.29) is 24.2 Å². The predicted octanol–water partition coefficient (Wildman–Crippen LogP) is 2.68. The number of phenolic OH excluding ortho intramolecular Hbond substituents is 1. The van der Waals surface area contributed by atoms with Crippen LogP contribution in [-0.2, 0) is 16.0 Å². The average molecular weight is 381 g/mol. The molecule has 0 aliphatic rings. The summed E-state index contributed by atoms with van der Waals surface area (Å²) in [6, 6.07) is 11.7. The van der Waals surface area contributed by atoms with Crippen LogP contribution >= 0.6 is 0 Å². The number of benzene rings is 2. The number of fused-ring (bicyclic) bond motifs is 1. The third kappa shape index (κ3) is 4.03. The number of amides is 1. The fourth-order valence-electron chi connectivity index (χ4n) is 3.08. The molecular formula is C21H19NO6. The van der Waals surface area contributed by atoms with Crippen LogP contribution in [0.1, 0.15) is 29.2 Å². The quantitative estimate of drug-likeness (QED) is 0.565. The zero-order valence-corrected chi connectivity index (χ0v) is 15.1. The Labute approximate surface area is 160 Å². The van der Waals surface area contributed by atoms with Gasteiger partial charge in [-0.2, -0.15) is 0 Å². The van der Waals surface area contributed by atoms with E-state index >= 15 is 0 Å². The van der Waals surface area contributed by atoms with Gasteiger partial charge in [0.05, 0.1) is 0 Å². The lowest BCUT2D eigenvalue weighted by Gasteiger charge is -2.15. The Bertz CT molecular complexity index is 1090. The van der Waals surface area contributed by atoms with Crippen molar-refractivity contribution in [2.45, 2.75) is 25.8 Å². The van der Waals surface area contributed by atoms with Gasteiger partial charge in [-0.1, -0.05) is 30.3 Å². The van der Waals surface area contributed by atoms with Crippen LogP contribution in [0, 0.1) is 6.92 Å². The minimum atomic E-state index is -1.17. The van der Waals surface area contributed by atoms with Gasteiger partial charge < -0.3 is 19.9 Å². The second kappa shape index (κ2) is 7.96. The molecule has 1 aromatic heterocycles. The van der Waals surface area contributed by atoms with Gasteiger partial charge in [0.1, 0.15) is 11.3 Å². The molecule has 28 heavy (non-hydrogen) atoms. The first-order valence-electron chi connectivity index (χ1n) is 8.69. The molecule has 1 amide bonds. The molecule has 7 heteroatoms. The van der Waals surface area contributed by atoms with Crippen molar-refractivity contribution in [2.75, 3.05) is 0 Å². The van der Waals surface area contributed by atoms with Crippen molar-refractivity contribution in [1.82, 2.24) is 5.32 Å². The van der Waals surface area contributed by atoms with Crippen molar-refractivity contribution in [2.24, 2.45) is 0 Å². The summed E-state index contributed by atoms with van der Waals surface area (Å²) in [5.41, 5.74) is 1.16. The highest BCUT2D eigenvalue weighted by molar-refractivity contribution is 5.85. The third-order valence-corrected chi connectivity index (χ3v) is 4.56. The summed E-state index contributed by atoms with van der Waals surface area (Å²) in [4.78, 5) is 36.0. The Balaban J connectivity index is 1.76. The maximum Gasteiger partial charge on any atom is 0.339 e. The summed E-state index contributed by atoms with van der Waals surface area (Å²) in [6.07, 6.45) is 0.0454. The van der Waals surface area contributed by atoms with E-state index in [1.165, 1.54) is 12.1 Å². The van der Waals surface area contributed by atoms with Crippen molar-refractivity contribution in [3.8, 4) is 5.75 Å². The Morgan fingerprint density at radius 1 is 1.14 bits per heavy atom. The lowest BCUT2D eigenvalue weighted by atomic mass is 10.0. The summed E-state index contributed by atoms with van der Waals surface area (Å²) in [6.45, 7) is 1.74. The van der Waals surface area contributed by atoms with E-state index in [2.05, 4.69) is 5.32 Å². The van der Waals surface area contributed by atoms with Gasteiger partial charge in [-0.25, -0.2) is 9.59 Å². The highest BCUT2D eigenvalue weighted by Crippen LogP contribution is 2.24. The summed E-state index contributed by atoms with van der Waals surface area (Å²) >= 11 is 0. The number of hydrogen-bond donors (Lipinski definition) is 3.